The van der Waals surface area contributed by atoms with Gasteiger partial charge in [-0.15, -0.1) is 0 Å². The molecule has 1 atom stereocenters. The van der Waals surface area contributed by atoms with Gasteiger partial charge in [-0.05, 0) is 18.6 Å². The highest BCUT2D eigenvalue weighted by Gasteiger charge is 2.46. The van der Waals surface area contributed by atoms with Gasteiger partial charge in [-0.25, -0.2) is 13.6 Å². The molecule has 31 heavy (non-hydrogen) atoms. The molecule has 4 heterocycles. The topological polar surface area (TPSA) is 115 Å². The van der Waals surface area contributed by atoms with Crippen molar-refractivity contribution in [3.63, 3.8) is 0 Å². The number of aromatic nitrogens is 1. The lowest BCUT2D eigenvalue weighted by Gasteiger charge is -2.31. The number of carbonyl (C=O) groups is 3. The molecule has 10 heteroatoms. The molecule has 3 aliphatic heterocycles. The molecule has 0 spiro atoms. The molecule has 0 unspecified atom stereocenters. The van der Waals surface area contributed by atoms with Gasteiger partial charge in [-0.1, -0.05) is 6.92 Å². The number of hydrogen-bond donors (Lipinski definition) is 2. The predicted octanol–water partition coefficient (Wildman–Crippen LogP) is 1.38. The molecule has 0 bridgehead atoms. The van der Waals surface area contributed by atoms with Crippen LogP contribution in [-0.4, -0.2) is 27.3 Å². The van der Waals surface area contributed by atoms with E-state index in [1.807, 2.05) is 0 Å². The summed E-state index contributed by atoms with van der Waals surface area (Å²) in [6.45, 7) is 0.896. The van der Waals surface area contributed by atoms with E-state index in [2.05, 4.69) is 5.32 Å². The van der Waals surface area contributed by atoms with E-state index < -0.39 is 40.5 Å². The number of hydrogen-bond acceptors (Lipinski definition) is 6. The summed E-state index contributed by atoms with van der Waals surface area (Å²) in [7, 11) is 0. The third kappa shape index (κ3) is 2.42. The maximum atomic E-state index is 13.8. The second-order valence-corrected chi connectivity index (χ2v) is 7.55. The van der Waals surface area contributed by atoms with Crippen molar-refractivity contribution in [1.82, 2.24) is 4.57 Å². The molecule has 2 N–H and O–H groups in total. The van der Waals surface area contributed by atoms with Crippen LogP contribution in [0.25, 0.3) is 5.57 Å². The predicted molar refractivity (Wildman–Crippen MR) is 101 cm³/mol. The Bertz CT molecular complexity index is 1340. The fourth-order valence-corrected chi connectivity index (χ4v) is 4.29. The van der Waals surface area contributed by atoms with E-state index in [1.54, 1.807) is 0 Å². The molecule has 8 nitrogen and oxygen atoms in total. The van der Waals surface area contributed by atoms with Crippen LogP contribution >= 0.6 is 0 Å². The molecule has 158 valence electrons. The van der Waals surface area contributed by atoms with Gasteiger partial charge in [-0.3, -0.25) is 14.4 Å². The average Bonchev–Trinajstić information content (AvgIpc) is 3.22. The first-order valence-corrected chi connectivity index (χ1v) is 9.42. The van der Waals surface area contributed by atoms with Crippen LogP contribution in [0.2, 0.25) is 0 Å². The minimum Gasteiger partial charge on any atom is -0.458 e. The number of rotatable bonds is 1. The summed E-state index contributed by atoms with van der Waals surface area (Å²) < 4.78 is 33.4. The second kappa shape index (κ2) is 6.17. The van der Waals surface area contributed by atoms with Crippen molar-refractivity contribution < 1.29 is 33.0 Å². The maximum Gasteiger partial charge on any atom is 0.343 e. The fraction of sp³-hybridized carbons (Fsp3) is 0.238. The van der Waals surface area contributed by atoms with Gasteiger partial charge in [-0.2, -0.15) is 0 Å². The van der Waals surface area contributed by atoms with Crippen molar-refractivity contribution in [2.24, 2.45) is 0 Å². The number of pyridine rings is 1. The minimum absolute atomic E-state index is 0.00788. The van der Waals surface area contributed by atoms with Crippen LogP contribution in [0, 0.1) is 11.6 Å². The second-order valence-electron chi connectivity index (χ2n) is 7.55. The van der Waals surface area contributed by atoms with Crippen LogP contribution < -0.4 is 10.9 Å². The van der Waals surface area contributed by atoms with E-state index in [-0.39, 0.29) is 58.8 Å². The number of allylic oxidation sites excluding steroid dienone is 1. The lowest BCUT2D eigenvalue weighted by molar-refractivity contribution is -0.172. The summed E-state index contributed by atoms with van der Waals surface area (Å²) in [5, 5.41) is 13.2. The minimum atomic E-state index is -2.07. The highest BCUT2D eigenvalue weighted by Crippen LogP contribution is 2.39. The molecule has 0 radical (unpaired) electrons. The molecule has 2 aromatic rings. The Hall–Kier alpha value is -3.66. The molecule has 0 saturated carbocycles. The van der Waals surface area contributed by atoms with Crippen LogP contribution in [0.15, 0.2) is 28.6 Å². The first-order chi connectivity index (χ1) is 14.7. The number of fused-ring (bicyclic) bond motifs is 3. The highest BCUT2D eigenvalue weighted by atomic mass is 19.2. The van der Waals surface area contributed by atoms with Gasteiger partial charge >= 0.3 is 5.97 Å². The van der Waals surface area contributed by atoms with Gasteiger partial charge in [0.15, 0.2) is 17.2 Å². The van der Waals surface area contributed by atoms with Crippen molar-refractivity contribution in [3.8, 4) is 0 Å². The standard InChI is InChI=1S/C21H14F2N2O6/c1-2-21(30)11-4-15-17(26)9(6-25(15)19(28)10(11)7-31-20(21)29)16-8-3-12(22)13(23)5-14(8)24-18(16)27/h3-5,30H,2,6-7H2,1H3,(H,24,27)/b16-9+/t21-/m0/s1. The number of ether oxygens (including phenoxy) is 1. The number of ketones is 1. The van der Waals surface area contributed by atoms with Gasteiger partial charge in [0.1, 0.15) is 6.61 Å². The SMILES string of the molecule is CC[C@@]1(O)C(=O)OCc2c1cc1n(c2=O)C/C(=C2\C(=O)Nc3cc(F)c(F)cc32)C1=O. The molecule has 5 rings (SSSR count). The van der Waals surface area contributed by atoms with E-state index in [1.165, 1.54) is 13.0 Å². The Morgan fingerprint density at radius 1 is 1.16 bits per heavy atom. The zero-order chi connectivity index (χ0) is 22.2. The molecule has 3 aliphatic rings. The molecular formula is C21H14F2N2O6. The highest BCUT2D eigenvalue weighted by molar-refractivity contribution is 6.37. The van der Waals surface area contributed by atoms with E-state index in [0.29, 0.717) is 0 Å². The Kier molecular flexibility index (Phi) is 3.85. The molecular weight excluding hydrogens is 414 g/mol. The van der Waals surface area contributed by atoms with Gasteiger partial charge in [0.2, 0.25) is 5.78 Å². The zero-order valence-electron chi connectivity index (χ0n) is 16.0. The lowest BCUT2D eigenvalue weighted by Crippen LogP contribution is -2.44. The molecule has 1 amide bonds. The Morgan fingerprint density at radius 3 is 2.58 bits per heavy atom. The monoisotopic (exact) mass is 428 g/mol. The summed E-state index contributed by atoms with van der Waals surface area (Å²) >= 11 is 0. The van der Waals surface area contributed by atoms with Gasteiger partial charge in [0, 0.05) is 22.8 Å². The molecule has 0 aliphatic carbocycles. The lowest BCUT2D eigenvalue weighted by atomic mass is 9.86. The molecule has 0 fully saturated rings. The largest absolute Gasteiger partial charge is 0.458 e. The van der Waals surface area contributed by atoms with Gasteiger partial charge in [0.25, 0.3) is 11.5 Å². The normalized spacial score (nSPS) is 23.9. The average molecular weight is 428 g/mol. The van der Waals surface area contributed by atoms with Gasteiger partial charge in [0.05, 0.1) is 29.1 Å². The van der Waals surface area contributed by atoms with Crippen LogP contribution in [0.5, 0.6) is 0 Å². The van der Waals surface area contributed by atoms with Crippen LogP contribution in [0.3, 0.4) is 0 Å². The number of benzene rings is 1. The van der Waals surface area contributed by atoms with Crippen molar-refractivity contribution in [2.45, 2.75) is 32.1 Å². The van der Waals surface area contributed by atoms with Crippen molar-refractivity contribution in [2.75, 3.05) is 5.32 Å². The zero-order valence-corrected chi connectivity index (χ0v) is 16.0. The number of anilines is 1. The fourth-order valence-electron chi connectivity index (χ4n) is 4.29. The third-order valence-corrected chi connectivity index (χ3v) is 5.97. The van der Waals surface area contributed by atoms with Crippen LogP contribution in [0.1, 0.15) is 40.5 Å². The number of aliphatic hydroxyl groups is 1. The summed E-state index contributed by atoms with van der Waals surface area (Å²) in [4.78, 5) is 50.8. The van der Waals surface area contributed by atoms with Gasteiger partial charge < -0.3 is 19.7 Å². The first kappa shape index (κ1) is 19.3. The molecule has 1 aromatic heterocycles. The number of Topliss-reactive ketones (excluding diaryl/α,β-unsaturated/α-hetero) is 1. The first-order valence-electron chi connectivity index (χ1n) is 9.42. The number of amides is 1. The van der Waals surface area contributed by atoms with E-state index in [4.69, 9.17) is 4.74 Å². The summed E-state index contributed by atoms with van der Waals surface area (Å²) in [6.07, 6.45) is -0.0789. The van der Waals surface area contributed by atoms with Crippen molar-refractivity contribution >= 4 is 28.9 Å². The number of halogens is 2. The summed E-state index contributed by atoms with van der Waals surface area (Å²) in [6, 6.07) is 2.89. The quantitative estimate of drug-likeness (QED) is 0.524. The van der Waals surface area contributed by atoms with E-state index >= 15 is 0 Å². The number of nitrogens with one attached hydrogen (secondary N) is 1. The van der Waals surface area contributed by atoms with Crippen molar-refractivity contribution in [1.29, 1.82) is 0 Å². The number of carbonyl (C=O) groups excluding carboxylic acids is 3. The maximum absolute atomic E-state index is 13.8. The Balaban J connectivity index is 1.72. The third-order valence-electron chi connectivity index (χ3n) is 5.97. The number of esters is 1. The molecule has 0 saturated heterocycles. The number of nitrogens with zero attached hydrogens (tertiary/aromatic N) is 1. The summed E-state index contributed by atoms with van der Waals surface area (Å²) in [5.41, 5.74) is -3.00. The smallest absolute Gasteiger partial charge is 0.343 e. The summed E-state index contributed by atoms with van der Waals surface area (Å²) in [5.74, 6) is -4.67. The van der Waals surface area contributed by atoms with E-state index in [0.717, 1.165) is 16.7 Å². The Labute approximate surface area is 172 Å². The van der Waals surface area contributed by atoms with E-state index in [9.17, 15) is 33.1 Å². The Morgan fingerprint density at radius 2 is 1.87 bits per heavy atom. The number of cyclic esters (lactones) is 1. The van der Waals surface area contributed by atoms with Crippen LogP contribution in [-0.2, 0) is 33.1 Å². The van der Waals surface area contributed by atoms with Crippen molar-refractivity contribution in [3.05, 3.63) is 68.1 Å². The molecule has 1 aromatic carbocycles. The van der Waals surface area contributed by atoms with Crippen LogP contribution in [0.4, 0.5) is 14.5 Å².